The highest BCUT2D eigenvalue weighted by molar-refractivity contribution is 5.20. The Balaban J connectivity index is 1.66. The van der Waals surface area contributed by atoms with Gasteiger partial charge >= 0.3 is 0 Å². The summed E-state index contributed by atoms with van der Waals surface area (Å²) in [6.07, 6.45) is 3.67. The minimum atomic E-state index is 0.718. The molecule has 0 saturated carbocycles. The van der Waals surface area contributed by atoms with Crippen LogP contribution in [0.3, 0.4) is 0 Å². The van der Waals surface area contributed by atoms with E-state index in [1.54, 1.807) is 0 Å². The van der Waals surface area contributed by atoms with Crippen molar-refractivity contribution in [3.63, 3.8) is 0 Å². The molecular weight excluding hydrogens is 236 g/mol. The lowest BCUT2D eigenvalue weighted by Gasteiger charge is -2.36. The molecule has 3 nitrogen and oxygen atoms in total. The summed E-state index contributed by atoms with van der Waals surface area (Å²) >= 11 is 0. The van der Waals surface area contributed by atoms with Crippen molar-refractivity contribution in [2.75, 3.05) is 32.8 Å². The van der Waals surface area contributed by atoms with E-state index < -0.39 is 0 Å². The summed E-state index contributed by atoms with van der Waals surface area (Å²) < 4.78 is 5.75. The monoisotopic (exact) mass is 262 g/mol. The van der Waals surface area contributed by atoms with E-state index in [0.717, 1.165) is 44.5 Å². The van der Waals surface area contributed by atoms with Gasteiger partial charge in [-0.05, 0) is 25.0 Å². The molecule has 3 heteroatoms. The Hall–Kier alpha value is -1.06. The molecule has 1 aromatic rings. The molecule has 2 rings (SSSR count). The molecule has 1 fully saturated rings. The van der Waals surface area contributed by atoms with Crippen molar-refractivity contribution < 1.29 is 4.74 Å². The van der Waals surface area contributed by atoms with E-state index in [-0.39, 0.29) is 0 Å². The minimum Gasteiger partial charge on any atom is -0.494 e. The van der Waals surface area contributed by atoms with Gasteiger partial charge < -0.3 is 10.1 Å². The van der Waals surface area contributed by atoms with Crippen LogP contribution in [0.4, 0.5) is 0 Å². The van der Waals surface area contributed by atoms with Crippen molar-refractivity contribution in [2.45, 2.75) is 32.2 Å². The van der Waals surface area contributed by atoms with Crippen LogP contribution in [0.25, 0.3) is 0 Å². The van der Waals surface area contributed by atoms with Gasteiger partial charge in [0.05, 0.1) is 6.61 Å². The van der Waals surface area contributed by atoms with E-state index in [9.17, 15) is 0 Å². The molecule has 1 aliphatic heterocycles. The predicted octanol–water partition coefficient (Wildman–Crippen LogP) is 2.53. The fraction of sp³-hybridized carbons (Fsp3) is 0.625. The first-order valence-corrected chi connectivity index (χ1v) is 7.52. The molecule has 1 aromatic carbocycles. The van der Waals surface area contributed by atoms with Crippen LogP contribution in [0.5, 0.6) is 5.75 Å². The number of hydrogen-bond acceptors (Lipinski definition) is 3. The van der Waals surface area contributed by atoms with Crippen LogP contribution in [-0.4, -0.2) is 43.7 Å². The van der Waals surface area contributed by atoms with Gasteiger partial charge in [0.15, 0.2) is 0 Å². The van der Waals surface area contributed by atoms with E-state index >= 15 is 0 Å². The molecule has 1 saturated heterocycles. The Bertz CT molecular complexity index is 340. The van der Waals surface area contributed by atoms with Gasteiger partial charge in [0.2, 0.25) is 0 Å². The van der Waals surface area contributed by atoms with Gasteiger partial charge in [-0.25, -0.2) is 0 Å². The van der Waals surface area contributed by atoms with Gasteiger partial charge in [0.1, 0.15) is 5.75 Å². The third kappa shape index (κ3) is 4.84. The van der Waals surface area contributed by atoms with Crippen LogP contribution < -0.4 is 10.1 Å². The summed E-state index contributed by atoms with van der Waals surface area (Å²) in [5.41, 5.74) is 0. The first-order valence-electron chi connectivity index (χ1n) is 7.52. The zero-order chi connectivity index (χ0) is 13.3. The smallest absolute Gasteiger partial charge is 0.119 e. The molecule has 0 amide bonds. The van der Waals surface area contributed by atoms with Crippen LogP contribution in [0.1, 0.15) is 26.2 Å². The fourth-order valence-corrected chi connectivity index (χ4v) is 2.69. The van der Waals surface area contributed by atoms with Gasteiger partial charge in [-0.1, -0.05) is 31.5 Å². The maximum atomic E-state index is 5.75. The maximum absolute atomic E-state index is 5.75. The number of nitrogens with zero attached hydrogens (tertiary/aromatic N) is 1. The molecule has 0 radical (unpaired) electrons. The summed E-state index contributed by atoms with van der Waals surface area (Å²) in [5.74, 6) is 0.980. The number of hydrogen-bond donors (Lipinski definition) is 1. The quantitative estimate of drug-likeness (QED) is 0.764. The second-order valence-electron chi connectivity index (χ2n) is 5.20. The van der Waals surface area contributed by atoms with Crippen molar-refractivity contribution in [1.29, 1.82) is 0 Å². The molecule has 1 atom stereocenters. The standard InChI is InChI=1S/C16H26N2O/c1-2-7-15-14-17-10-12-18(15)11-6-13-19-16-8-4-3-5-9-16/h3-5,8-9,15,17H,2,6-7,10-14H2,1H3. The summed E-state index contributed by atoms with van der Waals surface area (Å²) in [5, 5.41) is 3.49. The van der Waals surface area contributed by atoms with Crippen molar-refractivity contribution >= 4 is 0 Å². The average Bonchev–Trinajstić information content (AvgIpc) is 2.47. The lowest BCUT2D eigenvalue weighted by Crippen LogP contribution is -2.51. The van der Waals surface area contributed by atoms with Gasteiger partial charge in [-0.2, -0.15) is 0 Å². The first-order chi connectivity index (χ1) is 9.40. The normalized spacial score (nSPS) is 20.4. The van der Waals surface area contributed by atoms with Gasteiger partial charge in [-0.15, -0.1) is 0 Å². The summed E-state index contributed by atoms with van der Waals surface area (Å²) in [4.78, 5) is 2.62. The number of ether oxygens (including phenoxy) is 1. The van der Waals surface area contributed by atoms with Crippen LogP contribution in [-0.2, 0) is 0 Å². The molecule has 0 spiro atoms. The van der Waals surface area contributed by atoms with E-state index in [1.165, 1.54) is 19.4 Å². The molecule has 1 aliphatic rings. The summed E-state index contributed by atoms with van der Waals surface area (Å²) in [7, 11) is 0. The van der Waals surface area contributed by atoms with E-state index in [0.29, 0.717) is 0 Å². The highest BCUT2D eigenvalue weighted by Gasteiger charge is 2.20. The fourth-order valence-electron chi connectivity index (χ4n) is 2.69. The number of piperazine rings is 1. The van der Waals surface area contributed by atoms with Crippen molar-refractivity contribution in [1.82, 2.24) is 10.2 Å². The second-order valence-corrected chi connectivity index (χ2v) is 5.20. The molecule has 106 valence electrons. The van der Waals surface area contributed by atoms with Crippen LogP contribution >= 0.6 is 0 Å². The Morgan fingerprint density at radius 3 is 2.95 bits per heavy atom. The highest BCUT2D eigenvalue weighted by atomic mass is 16.5. The Labute approximate surface area is 116 Å². The third-order valence-electron chi connectivity index (χ3n) is 3.70. The van der Waals surface area contributed by atoms with Crippen LogP contribution in [0.15, 0.2) is 30.3 Å². The molecular formula is C16H26N2O. The molecule has 1 N–H and O–H groups in total. The number of para-hydroxylation sites is 1. The third-order valence-corrected chi connectivity index (χ3v) is 3.70. The minimum absolute atomic E-state index is 0.718. The predicted molar refractivity (Wildman–Crippen MR) is 79.7 cm³/mol. The zero-order valence-corrected chi connectivity index (χ0v) is 12.0. The lowest BCUT2D eigenvalue weighted by atomic mass is 10.1. The molecule has 0 bridgehead atoms. The van der Waals surface area contributed by atoms with Gasteiger partial charge in [-0.3, -0.25) is 4.90 Å². The summed E-state index contributed by atoms with van der Waals surface area (Å²) in [6.45, 7) is 7.68. The molecule has 19 heavy (non-hydrogen) atoms. The second kappa shape index (κ2) is 8.18. The van der Waals surface area contributed by atoms with E-state index in [2.05, 4.69) is 17.1 Å². The van der Waals surface area contributed by atoms with Gasteiger partial charge in [0, 0.05) is 32.2 Å². The number of benzene rings is 1. The Kier molecular flexibility index (Phi) is 6.18. The molecule has 0 aromatic heterocycles. The van der Waals surface area contributed by atoms with Crippen molar-refractivity contribution in [3.05, 3.63) is 30.3 Å². The van der Waals surface area contributed by atoms with Crippen molar-refractivity contribution in [3.8, 4) is 5.75 Å². The first kappa shape index (κ1) is 14.4. The SMILES string of the molecule is CCCC1CNCCN1CCCOc1ccccc1. The highest BCUT2D eigenvalue weighted by Crippen LogP contribution is 2.11. The molecule has 0 aliphatic carbocycles. The Morgan fingerprint density at radius 2 is 2.16 bits per heavy atom. The largest absolute Gasteiger partial charge is 0.494 e. The zero-order valence-electron chi connectivity index (χ0n) is 12.0. The molecule has 1 unspecified atom stereocenters. The average molecular weight is 262 g/mol. The summed E-state index contributed by atoms with van der Waals surface area (Å²) in [6, 6.07) is 10.8. The van der Waals surface area contributed by atoms with E-state index in [4.69, 9.17) is 4.74 Å². The number of nitrogens with one attached hydrogen (secondary N) is 1. The lowest BCUT2D eigenvalue weighted by molar-refractivity contribution is 0.141. The van der Waals surface area contributed by atoms with Crippen molar-refractivity contribution in [2.24, 2.45) is 0 Å². The van der Waals surface area contributed by atoms with Gasteiger partial charge in [0.25, 0.3) is 0 Å². The van der Waals surface area contributed by atoms with Crippen LogP contribution in [0.2, 0.25) is 0 Å². The van der Waals surface area contributed by atoms with Crippen LogP contribution in [0, 0.1) is 0 Å². The topological polar surface area (TPSA) is 24.5 Å². The molecule has 1 heterocycles. The Morgan fingerprint density at radius 1 is 1.32 bits per heavy atom. The maximum Gasteiger partial charge on any atom is 0.119 e. The van der Waals surface area contributed by atoms with E-state index in [1.807, 2.05) is 30.3 Å². The number of rotatable bonds is 7.